The van der Waals surface area contributed by atoms with Crippen molar-refractivity contribution in [2.24, 2.45) is 52.3 Å². The van der Waals surface area contributed by atoms with Crippen molar-refractivity contribution in [1.82, 2.24) is 15.1 Å². The fourth-order valence-corrected chi connectivity index (χ4v) is 12.3. The van der Waals surface area contributed by atoms with Crippen LogP contribution in [0, 0.1) is 52.3 Å². The van der Waals surface area contributed by atoms with Crippen LogP contribution in [0.1, 0.15) is 98.3 Å². The minimum Gasteiger partial charge on any atom is -0.395 e. The van der Waals surface area contributed by atoms with Crippen molar-refractivity contribution >= 4 is 11.8 Å². The number of rotatable bonds is 5. The molecule has 0 aromatic heterocycles. The molecule has 2 N–H and O–H groups in total. The van der Waals surface area contributed by atoms with E-state index >= 15 is 0 Å². The molecule has 7 rings (SSSR count). The molecule has 2 amide bonds. The zero-order valence-corrected chi connectivity index (χ0v) is 27.9. The molecule has 248 valence electrons. The molecule has 0 unspecified atom stereocenters. The summed E-state index contributed by atoms with van der Waals surface area (Å²) in [5.74, 6) is 4.20. The molecule has 3 aliphatic heterocycles. The normalized spacial score (nSPS) is 48.8. The van der Waals surface area contributed by atoms with E-state index in [2.05, 4.69) is 37.9 Å². The van der Waals surface area contributed by atoms with Gasteiger partial charge in [-0.25, -0.2) is 0 Å². The number of carbonyl (C=O) groups is 2. The Hall–Kier alpha value is -1.22. The average Bonchev–Trinajstić information content (AvgIpc) is 3.45. The molecule has 0 bridgehead atoms. The van der Waals surface area contributed by atoms with E-state index in [0.717, 1.165) is 56.7 Å². The first kappa shape index (κ1) is 31.4. The van der Waals surface area contributed by atoms with Gasteiger partial charge in [-0.3, -0.25) is 14.5 Å². The minimum atomic E-state index is -0.334. The summed E-state index contributed by atoms with van der Waals surface area (Å²) in [7, 11) is 0. The van der Waals surface area contributed by atoms with Crippen molar-refractivity contribution < 1.29 is 24.2 Å². The molecule has 0 aromatic rings. The van der Waals surface area contributed by atoms with Gasteiger partial charge in [0.25, 0.3) is 0 Å². The molecule has 4 aliphatic carbocycles. The molecule has 3 saturated heterocycles. The van der Waals surface area contributed by atoms with Gasteiger partial charge in [0.1, 0.15) is 6.42 Å². The highest BCUT2D eigenvalue weighted by atomic mass is 16.7. The minimum absolute atomic E-state index is 0.0441. The van der Waals surface area contributed by atoms with Gasteiger partial charge in [-0.05, 0) is 104 Å². The zero-order chi connectivity index (χ0) is 30.9. The monoisotopic (exact) mass is 613 g/mol. The number of hydrogen-bond acceptors (Lipinski definition) is 6. The van der Waals surface area contributed by atoms with Crippen molar-refractivity contribution in [3.05, 3.63) is 0 Å². The number of carbonyl (C=O) groups excluding carboxylic acids is 2. The van der Waals surface area contributed by atoms with E-state index in [-0.39, 0.29) is 36.7 Å². The number of hydrogen-bond donors (Lipinski definition) is 2. The molecule has 44 heavy (non-hydrogen) atoms. The van der Waals surface area contributed by atoms with E-state index in [4.69, 9.17) is 14.6 Å². The van der Waals surface area contributed by atoms with Crippen LogP contribution >= 0.6 is 0 Å². The summed E-state index contributed by atoms with van der Waals surface area (Å²) < 4.78 is 13.5. The molecular formula is C36H59N3O5. The Labute approximate surface area is 265 Å². The quantitative estimate of drug-likeness (QED) is 0.446. The number of amides is 2. The lowest BCUT2D eigenvalue weighted by Crippen LogP contribution is -2.56. The van der Waals surface area contributed by atoms with Gasteiger partial charge in [0.05, 0.1) is 19.3 Å². The number of fused-ring (bicyclic) bond motifs is 7. The Bertz CT molecular complexity index is 1090. The largest absolute Gasteiger partial charge is 0.395 e. The van der Waals surface area contributed by atoms with Gasteiger partial charge >= 0.3 is 0 Å². The maximum atomic E-state index is 13.0. The Morgan fingerprint density at radius 3 is 2.41 bits per heavy atom. The van der Waals surface area contributed by atoms with Gasteiger partial charge in [0, 0.05) is 51.1 Å². The second-order valence-electron chi connectivity index (χ2n) is 16.8. The number of nitrogens with one attached hydrogen (secondary N) is 1. The smallest absolute Gasteiger partial charge is 0.232 e. The van der Waals surface area contributed by atoms with Gasteiger partial charge in [0.2, 0.25) is 11.8 Å². The van der Waals surface area contributed by atoms with E-state index in [9.17, 15) is 9.59 Å². The third-order valence-corrected chi connectivity index (χ3v) is 14.8. The summed E-state index contributed by atoms with van der Waals surface area (Å²) >= 11 is 0. The van der Waals surface area contributed by atoms with Crippen LogP contribution in [0.2, 0.25) is 0 Å². The van der Waals surface area contributed by atoms with Crippen LogP contribution in [0.5, 0.6) is 0 Å². The van der Waals surface area contributed by atoms with Gasteiger partial charge in [-0.15, -0.1) is 0 Å². The summed E-state index contributed by atoms with van der Waals surface area (Å²) in [6.07, 6.45) is 12.3. The number of piperazine rings is 1. The van der Waals surface area contributed by atoms with Crippen LogP contribution in [0.25, 0.3) is 0 Å². The first-order valence-electron chi connectivity index (χ1n) is 18.3. The van der Waals surface area contributed by atoms with Crippen molar-refractivity contribution in [2.75, 3.05) is 45.9 Å². The van der Waals surface area contributed by atoms with Crippen LogP contribution in [-0.4, -0.2) is 90.6 Å². The van der Waals surface area contributed by atoms with E-state index < -0.39 is 0 Å². The van der Waals surface area contributed by atoms with E-state index in [1.54, 1.807) is 0 Å². The molecule has 8 nitrogen and oxygen atoms in total. The van der Waals surface area contributed by atoms with Gasteiger partial charge in [-0.2, -0.15) is 0 Å². The van der Waals surface area contributed by atoms with Crippen LogP contribution < -0.4 is 5.32 Å². The highest BCUT2D eigenvalue weighted by Gasteiger charge is 2.69. The number of aliphatic hydroxyl groups excluding tert-OH is 1. The van der Waals surface area contributed by atoms with E-state index in [1.807, 2.05) is 4.90 Å². The summed E-state index contributed by atoms with van der Waals surface area (Å²) in [5.41, 5.74) is 0.705. The SMILES string of the molecule is C[C@@H]1CC[C@@]2(OC1)O[C@H]1C[C@H]3[C@@H]4CC[C@@H]5C[C@@H](NC(=O)CC(=O)N6CCN(CCO)CC6)CC[C@]5(C)[C@H]4CC[C@]3(C)[C@H]1[C@@H]2C. The lowest BCUT2D eigenvalue weighted by molar-refractivity contribution is -0.273. The fraction of sp³-hybridized carbons (Fsp3) is 0.944. The maximum Gasteiger partial charge on any atom is 0.232 e. The molecule has 7 fully saturated rings. The Kier molecular flexibility index (Phi) is 8.41. The van der Waals surface area contributed by atoms with Gasteiger partial charge in [0.15, 0.2) is 5.79 Å². The standard InChI is InChI=1S/C36H59N3O5/c1-23-7-12-36(43-22-23)24(2)33-30(44-36)20-29-27-6-5-25-19-26(8-10-34(25,3)28(27)9-11-35(29,33)4)37-31(41)21-32(42)39-15-13-38(14-16-39)17-18-40/h23-30,33,40H,5-22H2,1-4H3,(H,37,41)/t23-,24+,25-,26+,27-,28+,29+,30+,33+,34+,35+,36-/m1/s1. The Morgan fingerprint density at radius 2 is 1.68 bits per heavy atom. The van der Waals surface area contributed by atoms with Gasteiger partial charge < -0.3 is 24.8 Å². The molecule has 7 aliphatic rings. The fourth-order valence-electron chi connectivity index (χ4n) is 12.3. The predicted molar refractivity (Wildman–Crippen MR) is 168 cm³/mol. The summed E-state index contributed by atoms with van der Waals surface area (Å²) in [5, 5.41) is 12.4. The molecule has 1 spiro atoms. The lowest BCUT2D eigenvalue weighted by Gasteiger charge is -2.61. The van der Waals surface area contributed by atoms with Crippen molar-refractivity contribution in [3.63, 3.8) is 0 Å². The van der Waals surface area contributed by atoms with Crippen LogP contribution in [0.3, 0.4) is 0 Å². The Balaban J connectivity index is 0.943. The molecular weight excluding hydrogens is 554 g/mol. The second kappa shape index (κ2) is 11.8. The summed E-state index contributed by atoms with van der Waals surface area (Å²) in [6.45, 7) is 14.4. The molecule has 0 aromatic carbocycles. The number of β-amino-alcohol motifs (C(OH)–C–C–N with tert-alkyl or cyclic N) is 1. The zero-order valence-electron chi connectivity index (χ0n) is 27.9. The van der Waals surface area contributed by atoms with Crippen molar-refractivity contribution in [2.45, 2.75) is 116 Å². The highest BCUT2D eigenvalue weighted by Crippen LogP contribution is 2.71. The molecule has 0 radical (unpaired) electrons. The Morgan fingerprint density at radius 1 is 0.909 bits per heavy atom. The maximum absolute atomic E-state index is 13.0. The first-order valence-corrected chi connectivity index (χ1v) is 18.3. The molecule has 12 atom stereocenters. The van der Waals surface area contributed by atoms with Crippen molar-refractivity contribution in [1.29, 1.82) is 0 Å². The van der Waals surface area contributed by atoms with Crippen LogP contribution in [-0.2, 0) is 19.1 Å². The lowest BCUT2D eigenvalue weighted by atomic mass is 9.44. The molecule has 3 heterocycles. The number of ether oxygens (including phenoxy) is 2. The number of aliphatic hydroxyl groups is 1. The highest BCUT2D eigenvalue weighted by molar-refractivity contribution is 5.97. The van der Waals surface area contributed by atoms with Gasteiger partial charge in [-0.1, -0.05) is 27.7 Å². The average molecular weight is 614 g/mol. The number of nitrogens with zero attached hydrogens (tertiary/aromatic N) is 2. The van der Waals surface area contributed by atoms with E-state index in [1.165, 1.54) is 44.9 Å². The topological polar surface area (TPSA) is 91.3 Å². The third kappa shape index (κ3) is 5.16. The molecule has 8 heteroatoms. The summed E-state index contributed by atoms with van der Waals surface area (Å²) in [4.78, 5) is 29.8. The van der Waals surface area contributed by atoms with E-state index in [0.29, 0.717) is 60.2 Å². The predicted octanol–water partition coefficient (Wildman–Crippen LogP) is 4.44. The summed E-state index contributed by atoms with van der Waals surface area (Å²) in [6, 6.07) is 0.190. The van der Waals surface area contributed by atoms with Crippen LogP contribution in [0.15, 0.2) is 0 Å². The molecule has 4 saturated carbocycles. The van der Waals surface area contributed by atoms with Crippen molar-refractivity contribution in [3.8, 4) is 0 Å². The third-order valence-electron chi connectivity index (χ3n) is 14.8. The van der Waals surface area contributed by atoms with Crippen LogP contribution in [0.4, 0.5) is 0 Å². The first-order chi connectivity index (χ1) is 21.1. The second-order valence-corrected chi connectivity index (χ2v) is 16.8.